The van der Waals surface area contributed by atoms with E-state index in [1.165, 1.54) is 11.5 Å². The van der Waals surface area contributed by atoms with E-state index in [1.807, 2.05) is 39.4 Å². The third kappa shape index (κ3) is 4.10. The van der Waals surface area contributed by atoms with Gasteiger partial charge in [0.25, 0.3) is 0 Å². The van der Waals surface area contributed by atoms with Gasteiger partial charge in [0.2, 0.25) is 5.06 Å². The smallest absolute Gasteiger partial charge is 0.218 e. The summed E-state index contributed by atoms with van der Waals surface area (Å²) in [5.41, 5.74) is 3.95. The van der Waals surface area contributed by atoms with Crippen LogP contribution in [-0.4, -0.2) is 28.7 Å². The summed E-state index contributed by atoms with van der Waals surface area (Å²) in [7, 11) is 2.00. The van der Waals surface area contributed by atoms with Crippen LogP contribution in [0.3, 0.4) is 0 Å². The Balaban J connectivity index is 1.86. The summed E-state index contributed by atoms with van der Waals surface area (Å²) in [6.07, 6.45) is 3.54. The minimum Gasteiger partial charge on any atom is -0.443 e. The number of aryl methyl sites for hydroxylation is 2. The molecule has 1 aliphatic rings. The highest BCUT2D eigenvalue weighted by molar-refractivity contribution is 7.08. The van der Waals surface area contributed by atoms with Crippen LogP contribution < -0.4 is 4.74 Å². The average molecular weight is 403 g/mol. The Labute approximate surface area is 169 Å². The lowest BCUT2D eigenvalue weighted by molar-refractivity contribution is 0.429. The normalized spacial score (nSPS) is 15.2. The number of rotatable bonds is 6. The molecule has 0 atom stereocenters. The molecule has 0 aliphatic heterocycles. The molecule has 0 unspecified atom stereocenters. The molecule has 142 valence electrons. The van der Waals surface area contributed by atoms with Gasteiger partial charge in [0.1, 0.15) is 17.4 Å². The Hall–Kier alpha value is -2.10. The number of halogens is 1. The van der Waals surface area contributed by atoms with Gasteiger partial charge >= 0.3 is 0 Å². The zero-order chi connectivity index (χ0) is 19.8. The monoisotopic (exact) mass is 402 g/mol. The van der Waals surface area contributed by atoms with E-state index >= 15 is 0 Å². The Morgan fingerprint density at radius 3 is 2.67 bits per heavy atom. The van der Waals surface area contributed by atoms with Crippen molar-refractivity contribution in [3.05, 3.63) is 34.5 Å². The fourth-order valence-electron chi connectivity index (χ4n) is 2.51. The van der Waals surface area contributed by atoms with Gasteiger partial charge < -0.3 is 9.64 Å². The van der Waals surface area contributed by atoms with E-state index in [-0.39, 0.29) is 0 Å². The van der Waals surface area contributed by atoms with Crippen LogP contribution >= 0.6 is 23.1 Å². The summed E-state index contributed by atoms with van der Waals surface area (Å²) in [4.78, 5) is 6.16. The number of alkyl halides is 1. The van der Waals surface area contributed by atoms with Gasteiger partial charge in [-0.1, -0.05) is 0 Å². The van der Waals surface area contributed by atoms with E-state index in [0.29, 0.717) is 28.1 Å². The van der Waals surface area contributed by atoms with Gasteiger partial charge in [-0.05, 0) is 63.8 Å². The molecular formula is C20H23ClN4OS. The molecule has 3 rings (SSSR count). The standard InChI is InChI=1S/C20H23ClN4OS/c1-12(2)25(5)11-23-16-8-14(4)17(9-13(16)3)26-19-15(10-22)18(24-27-19)20(21)6-7-20/h8-9,11-12H,6-7H2,1-5H3/b23-11-. The number of benzene rings is 1. The van der Waals surface area contributed by atoms with Crippen LogP contribution in [0.25, 0.3) is 0 Å². The summed E-state index contributed by atoms with van der Waals surface area (Å²) < 4.78 is 10.4. The minimum atomic E-state index is -0.477. The maximum atomic E-state index is 9.55. The van der Waals surface area contributed by atoms with E-state index in [9.17, 15) is 5.26 Å². The largest absolute Gasteiger partial charge is 0.443 e. The van der Waals surface area contributed by atoms with E-state index in [4.69, 9.17) is 16.3 Å². The van der Waals surface area contributed by atoms with E-state index in [0.717, 1.165) is 29.7 Å². The lowest BCUT2D eigenvalue weighted by Gasteiger charge is -2.17. The molecule has 0 N–H and O–H groups in total. The highest BCUT2D eigenvalue weighted by Gasteiger charge is 2.47. The molecule has 7 heteroatoms. The predicted octanol–water partition coefficient (Wildman–Crippen LogP) is 5.65. The minimum absolute atomic E-state index is 0.388. The molecule has 5 nitrogen and oxygen atoms in total. The first-order chi connectivity index (χ1) is 12.7. The summed E-state index contributed by atoms with van der Waals surface area (Å²) in [5, 5.41) is 10.0. The second-order valence-corrected chi connectivity index (χ2v) is 8.74. The molecule has 1 aromatic heterocycles. The summed E-state index contributed by atoms with van der Waals surface area (Å²) in [6, 6.07) is 6.54. The third-order valence-corrected chi connectivity index (χ3v) is 6.06. The highest BCUT2D eigenvalue weighted by atomic mass is 35.5. The molecule has 1 aliphatic carbocycles. The summed E-state index contributed by atoms with van der Waals surface area (Å²) >= 11 is 7.63. The maximum Gasteiger partial charge on any atom is 0.218 e. The molecule has 0 amide bonds. The number of nitrogens with zero attached hydrogens (tertiary/aromatic N) is 4. The number of nitriles is 1. The van der Waals surface area contributed by atoms with Gasteiger partial charge in [-0.3, -0.25) is 0 Å². The van der Waals surface area contributed by atoms with Crippen molar-refractivity contribution in [3.8, 4) is 16.9 Å². The van der Waals surface area contributed by atoms with Crippen LogP contribution in [-0.2, 0) is 4.87 Å². The van der Waals surface area contributed by atoms with Crippen molar-refractivity contribution in [2.45, 2.75) is 51.5 Å². The average Bonchev–Trinajstić information content (AvgIpc) is 3.23. The maximum absolute atomic E-state index is 9.55. The van der Waals surface area contributed by atoms with Crippen molar-refractivity contribution in [2.75, 3.05) is 7.05 Å². The lowest BCUT2D eigenvalue weighted by Crippen LogP contribution is -2.24. The summed E-state index contributed by atoms with van der Waals surface area (Å²) in [5.74, 6) is 0.704. The quantitative estimate of drug-likeness (QED) is 0.355. The first kappa shape index (κ1) is 19.7. The van der Waals surface area contributed by atoms with Crippen LogP contribution in [0.5, 0.6) is 10.8 Å². The Morgan fingerprint density at radius 2 is 2.07 bits per heavy atom. The van der Waals surface area contributed by atoms with Crippen molar-refractivity contribution < 1.29 is 4.74 Å². The van der Waals surface area contributed by atoms with Gasteiger partial charge in [0, 0.05) is 24.6 Å². The molecular weight excluding hydrogens is 380 g/mol. The topological polar surface area (TPSA) is 61.5 Å². The van der Waals surface area contributed by atoms with Crippen LogP contribution in [0.2, 0.25) is 0 Å². The first-order valence-corrected chi connectivity index (χ1v) is 10.0. The number of hydrogen-bond donors (Lipinski definition) is 0. The highest BCUT2D eigenvalue weighted by Crippen LogP contribution is 2.54. The molecule has 0 radical (unpaired) electrons. The zero-order valence-electron chi connectivity index (χ0n) is 16.2. The zero-order valence-corrected chi connectivity index (χ0v) is 17.8. The molecule has 1 heterocycles. The van der Waals surface area contributed by atoms with Gasteiger partial charge in [-0.15, -0.1) is 11.6 Å². The number of aliphatic imine (C=N–C) groups is 1. The van der Waals surface area contributed by atoms with Gasteiger partial charge in [0.15, 0.2) is 0 Å². The van der Waals surface area contributed by atoms with Gasteiger partial charge in [-0.2, -0.15) is 9.64 Å². The van der Waals surface area contributed by atoms with Crippen molar-refractivity contribution in [3.63, 3.8) is 0 Å². The lowest BCUT2D eigenvalue weighted by atomic mass is 10.1. The Kier molecular flexibility index (Phi) is 5.45. The molecule has 27 heavy (non-hydrogen) atoms. The van der Waals surface area contributed by atoms with E-state index < -0.39 is 4.87 Å². The Morgan fingerprint density at radius 1 is 1.37 bits per heavy atom. The second kappa shape index (κ2) is 7.49. The van der Waals surface area contributed by atoms with Gasteiger partial charge in [-0.25, -0.2) is 4.99 Å². The van der Waals surface area contributed by atoms with Crippen LogP contribution in [0.15, 0.2) is 17.1 Å². The molecule has 0 bridgehead atoms. The van der Waals surface area contributed by atoms with Crippen molar-refractivity contribution >= 4 is 35.2 Å². The van der Waals surface area contributed by atoms with Gasteiger partial charge in [0.05, 0.1) is 22.6 Å². The fourth-order valence-corrected chi connectivity index (χ4v) is 3.59. The number of aromatic nitrogens is 1. The fraction of sp³-hybridized carbons (Fsp3) is 0.450. The van der Waals surface area contributed by atoms with Crippen molar-refractivity contribution in [2.24, 2.45) is 4.99 Å². The van der Waals surface area contributed by atoms with E-state index in [2.05, 4.69) is 34.2 Å². The van der Waals surface area contributed by atoms with E-state index in [1.54, 1.807) is 0 Å². The number of ether oxygens (including phenoxy) is 1. The Bertz CT molecular complexity index is 925. The van der Waals surface area contributed by atoms with Crippen LogP contribution in [0.1, 0.15) is 49.1 Å². The molecule has 1 fully saturated rings. The van der Waals surface area contributed by atoms with Crippen molar-refractivity contribution in [1.82, 2.24) is 9.27 Å². The third-order valence-electron chi connectivity index (χ3n) is 4.78. The molecule has 2 aromatic rings. The number of hydrogen-bond acceptors (Lipinski definition) is 5. The van der Waals surface area contributed by atoms with Crippen LogP contribution in [0, 0.1) is 25.2 Å². The molecule has 0 spiro atoms. The first-order valence-electron chi connectivity index (χ1n) is 8.89. The molecule has 1 saturated carbocycles. The van der Waals surface area contributed by atoms with Crippen LogP contribution in [0.4, 0.5) is 5.69 Å². The van der Waals surface area contributed by atoms with Crippen molar-refractivity contribution in [1.29, 1.82) is 5.26 Å². The predicted molar refractivity (Wildman–Crippen MR) is 111 cm³/mol. The summed E-state index contributed by atoms with van der Waals surface area (Å²) in [6.45, 7) is 8.20. The second-order valence-electron chi connectivity index (χ2n) is 7.28. The molecule has 0 saturated heterocycles. The molecule has 1 aromatic carbocycles. The SMILES string of the molecule is Cc1cc(Oc2snc(C3(Cl)CC3)c2C#N)c(C)cc1/N=C\N(C)C(C)C.